The van der Waals surface area contributed by atoms with Gasteiger partial charge in [0.25, 0.3) is 0 Å². The number of thioether (sulfide) groups is 1. The van der Waals surface area contributed by atoms with Crippen LogP contribution >= 0.6 is 11.8 Å². The molecule has 0 aliphatic heterocycles. The quantitative estimate of drug-likeness (QED) is 0.707. The molecular formula is C9H15NOS. The van der Waals surface area contributed by atoms with Crippen LogP contribution in [0, 0.1) is 0 Å². The first-order valence-corrected chi connectivity index (χ1v) is 5.50. The highest BCUT2D eigenvalue weighted by atomic mass is 32.2. The fourth-order valence-corrected chi connectivity index (χ4v) is 1.53. The fraction of sp³-hybridized carbons (Fsp3) is 0.556. The van der Waals surface area contributed by atoms with Crippen molar-refractivity contribution in [1.29, 1.82) is 0 Å². The van der Waals surface area contributed by atoms with Crippen LogP contribution in [0.2, 0.25) is 0 Å². The third kappa shape index (κ3) is 2.91. The van der Waals surface area contributed by atoms with E-state index in [1.807, 2.05) is 30.2 Å². The number of hydrogen-bond donors (Lipinski definition) is 1. The van der Waals surface area contributed by atoms with Crippen molar-refractivity contribution in [3.05, 3.63) is 24.0 Å². The maximum absolute atomic E-state index is 8.81. The lowest BCUT2D eigenvalue weighted by molar-refractivity contribution is 0.281. The molecule has 1 heterocycles. The summed E-state index contributed by atoms with van der Waals surface area (Å²) in [6, 6.07) is 1.96. The molecule has 0 unspecified atom stereocenters. The number of aliphatic hydroxyl groups is 1. The summed E-state index contributed by atoms with van der Waals surface area (Å²) in [5.74, 6) is 1.20. The molecule has 12 heavy (non-hydrogen) atoms. The predicted molar refractivity (Wildman–Crippen MR) is 53.4 cm³/mol. The van der Waals surface area contributed by atoms with Gasteiger partial charge in [-0.25, -0.2) is 0 Å². The van der Waals surface area contributed by atoms with Gasteiger partial charge in [0.1, 0.15) is 0 Å². The van der Waals surface area contributed by atoms with Gasteiger partial charge in [-0.15, -0.1) is 0 Å². The fourth-order valence-electron chi connectivity index (χ4n) is 1.11. The maximum Gasteiger partial charge on any atom is 0.0696 e. The van der Waals surface area contributed by atoms with Crippen LogP contribution in [-0.4, -0.2) is 21.7 Å². The van der Waals surface area contributed by atoms with Crippen molar-refractivity contribution in [3.63, 3.8) is 0 Å². The SMILES string of the molecule is CSCCCn1ccc(CO)c1. The number of aromatic nitrogens is 1. The van der Waals surface area contributed by atoms with Crippen LogP contribution in [0.1, 0.15) is 12.0 Å². The topological polar surface area (TPSA) is 25.2 Å². The molecule has 0 saturated heterocycles. The number of hydrogen-bond acceptors (Lipinski definition) is 2. The molecule has 2 nitrogen and oxygen atoms in total. The minimum atomic E-state index is 0.148. The van der Waals surface area contributed by atoms with Crippen LogP contribution in [0.4, 0.5) is 0 Å². The van der Waals surface area contributed by atoms with E-state index >= 15 is 0 Å². The third-order valence-corrected chi connectivity index (χ3v) is 2.46. The minimum absolute atomic E-state index is 0.148. The Balaban J connectivity index is 2.31. The lowest BCUT2D eigenvalue weighted by Crippen LogP contribution is -1.95. The molecule has 0 bridgehead atoms. The van der Waals surface area contributed by atoms with E-state index in [0.29, 0.717) is 0 Å². The highest BCUT2D eigenvalue weighted by molar-refractivity contribution is 7.98. The minimum Gasteiger partial charge on any atom is -0.392 e. The number of aliphatic hydroxyl groups excluding tert-OH is 1. The molecule has 1 aromatic heterocycles. The molecule has 0 spiro atoms. The molecule has 0 amide bonds. The van der Waals surface area contributed by atoms with Gasteiger partial charge >= 0.3 is 0 Å². The zero-order valence-electron chi connectivity index (χ0n) is 7.36. The number of nitrogens with zero attached hydrogens (tertiary/aromatic N) is 1. The van der Waals surface area contributed by atoms with Gasteiger partial charge < -0.3 is 9.67 Å². The molecule has 1 aromatic rings. The lowest BCUT2D eigenvalue weighted by atomic mass is 10.4. The molecule has 1 N–H and O–H groups in total. The van der Waals surface area contributed by atoms with Crippen molar-refractivity contribution in [3.8, 4) is 0 Å². The Hall–Kier alpha value is -0.410. The van der Waals surface area contributed by atoms with E-state index < -0.39 is 0 Å². The number of rotatable bonds is 5. The zero-order valence-corrected chi connectivity index (χ0v) is 8.18. The molecule has 68 valence electrons. The van der Waals surface area contributed by atoms with Gasteiger partial charge in [-0.05, 0) is 30.1 Å². The van der Waals surface area contributed by atoms with Gasteiger partial charge in [0, 0.05) is 18.9 Å². The summed E-state index contributed by atoms with van der Waals surface area (Å²) in [6.07, 6.45) is 7.34. The van der Waals surface area contributed by atoms with E-state index in [1.165, 1.54) is 12.2 Å². The van der Waals surface area contributed by atoms with E-state index in [-0.39, 0.29) is 6.61 Å². The Morgan fingerprint density at radius 2 is 2.42 bits per heavy atom. The van der Waals surface area contributed by atoms with Gasteiger partial charge in [0.2, 0.25) is 0 Å². The van der Waals surface area contributed by atoms with Gasteiger partial charge in [-0.3, -0.25) is 0 Å². The van der Waals surface area contributed by atoms with Crippen molar-refractivity contribution in [2.75, 3.05) is 12.0 Å². The van der Waals surface area contributed by atoms with Crippen LogP contribution in [0.15, 0.2) is 18.5 Å². The third-order valence-electron chi connectivity index (χ3n) is 1.76. The lowest BCUT2D eigenvalue weighted by Gasteiger charge is -2.00. The van der Waals surface area contributed by atoms with Crippen molar-refractivity contribution in [1.82, 2.24) is 4.57 Å². The Bertz CT molecular complexity index is 222. The standard InChI is InChI=1S/C9H15NOS/c1-12-6-2-4-10-5-3-9(7-10)8-11/h3,5,7,11H,2,4,6,8H2,1H3. The van der Waals surface area contributed by atoms with E-state index in [1.54, 1.807) is 0 Å². The summed E-state index contributed by atoms with van der Waals surface area (Å²) >= 11 is 1.87. The molecule has 0 fully saturated rings. The van der Waals surface area contributed by atoms with E-state index in [9.17, 15) is 0 Å². The van der Waals surface area contributed by atoms with Gasteiger partial charge in [0.15, 0.2) is 0 Å². The molecule has 0 aromatic carbocycles. The summed E-state index contributed by atoms with van der Waals surface area (Å²) in [7, 11) is 0. The largest absolute Gasteiger partial charge is 0.392 e. The summed E-state index contributed by atoms with van der Waals surface area (Å²) in [6.45, 7) is 1.20. The second-order valence-electron chi connectivity index (χ2n) is 2.76. The summed E-state index contributed by atoms with van der Waals surface area (Å²) in [5, 5.41) is 8.81. The molecule has 0 radical (unpaired) electrons. The number of aryl methyl sites for hydroxylation is 1. The first-order valence-electron chi connectivity index (χ1n) is 4.11. The molecule has 0 aliphatic rings. The van der Waals surface area contributed by atoms with Crippen molar-refractivity contribution in [2.45, 2.75) is 19.6 Å². The first-order chi connectivity index (χ1) is 5.86. The summed E-state index contributed by atoms with van der Waals surface area (Å²) in [5.41, 5.74) is 0.999. The molecule has 0 saturated carbocycles. The molecule has 1 rings (SSSR count). The van der Waals surface area contributed by atoms with Crippen LogP contribution < -0.4 is 0 Å². The Morgan fingerprint density at radius 1 is 1.58 bits per heavy atom. The van der Waals surface area contributed by atoms with Gasteiger partial charge in [0.05, 0.1) is 6.61 Å². The second kappa shape index (κ2) is 5.27. The highest BCUT2D eigenvalue weighted by Gasteiger charge is 1.94. The Labute approximate surface area is 77.6 Å². The second-order valence-corrected chi connectivity index (χ2v) is 3.75. The van der Waals surface area contributed by atoms with E-state index in [0.717, 1.165) is 12.1 Å². The van der Waals surface area contributed by atoms with Crippen LogP contribution in [-0.2, 0) is 13.2 Å². The average Bonchev–Trinajstić information content (AvgIpc) is 2.53. The van der Waals surface area contributed by atoms with Crippen molar-refractivity contribution >= 4 is 11.8 Å². The van der Waals surface area contributed by atoms with Crippen molar-refractivity contribution < 1.29 is 5.11 Å². The summed E-state index contributed by atoms with van der Waals surface area (Å²) in [4.78, 5) is 0. The van der Waals surface area contributed by atoms with Gasteiger partial charge in [-0.1, -0.05) is 0 Å². The van der Waals surface area contributed by atoms with Crippen molar-refractivity contribution in [2.24, 2.45) is 0 Å². The monoisotopic (exact) mass is 185 g/mol. The molecule has 0 atom stereocenters. The smallest absolute Gasteiger partial charge is 0.0696 e. The molecular weight excluding hydrogens is 170 g/mol. The predicted octanol–water partition coefficient (Wildman–Crippen LogP) is 1.73. The molecule has 3 heteroatoms. The highest BCUT2D eigenvalue weighted by Crippen LogP contribution is 2.03. The maximum atomic E-state index is 8.81. The molecule has 0 aliphatic carbocycles. The van der Waals surface area contributed by atoms with Gasteiger partial charge in [-0.2, -0.15) is 11.8 Å². The zero-order chi connectivity index (χ0) is 8.81. The first kappa shape index (κ1) is 9.68. The summed E-state index contributed by atoms with van der Waals surface area (Å²) < 4.78 is 2.13. The van der Waals surface area contributed by atoms with E-state index in [4.69, 9.17) is 5.11 Å². The van der Waals surface area contributed by atoms with E-state index in [2.05, 4.69) is 10.8 Å². The normalized spacial score (nSPS) is 10.5. The van der Waals surface area contributed by atoms with Crippen LogP contribution in [0.5, 0.6) is 0 Å². The van der Waals surface area contributed by atoms with Crippen LogP contribution in [0.25, 0.3) is 0 Å². The Morgan fingerprint density at radius 3 is 3.00 bits per heavy atom. The van der Waals surface area contributed by atoms with Crippen LogP contribution in [0.3, 0.4) is 0 Å². The average molecular weight is 185 g/mol. The Kier molecular flexibility index (Phi) is 4.25.